The lowest BCUT2D eigenvalue weighted by Crippen LogP contribution is -2.40. The summed E-state index contributed by atoms with van der Waals surface area (Å²) in [4.78, 5) is 51.0. The van der Waals surface area contributed by atoms with Crippen LogP contribution in [0.1, 0.15) is 24.2 Å². The SMILES string of the molecule is C#CCn1c(=O)c2[nH]c(CCc3ccccc3)nc2n(CCCCP(=O)(O)O)c1=O. The summed E-state index contributed by atoms with van der Waals surface area (Å²) in [5.41, 5.74) is 0.443. The van der Waals surface area contributed by atoms with E-state index in [4.69, 9.17) is 16.2 Å². The molecule has 0 spiro atoms. The Hall–Kier alpha value is -2.92. The number of terminal acetylenes is 1. The minimum absolute atomic E-state index is 0.170. The van der Waals surface area contributed by atoms with Gasteiger partial charge < -0.3 is 14.8 Å². The summed E-state index contributed by atoms with van der Waals surface area (Å²) < 4.78 is 13.3. The summed E-state index contributed by atoms with van der Waals surface area (Å²) in [7, 11) is -4.10. The molecule has 0 unspecified atom stereocenters. The average Bonchev–Trinajstić information content (AvgIpc) is 3.13. The number of fused-ring (bicyclic) bond motifs is 1. The molecule has 2 heterocycles. The highest BCUT2D eigenvalue weighted by Crippen LogP contribution is 2.35. The van der Waals surface area contributed by atoms with Crippen molar-refractivity contribution in [1.82, 2.24) is 19.1 Å². The third-order valence-corrected chi connectivity index (χ3v) is 5.63. The van der Waals surface area contributed by atoms with Crippen LogP contribution in [-0.2, 0) is 30.5 Å². The lowest BCUT2D eigenvalue weighted by atomic mass is 10.1. The van der Waals surface area contributed by atoms with Crippen molar-refractivity contribution in [2.75, 3.05) is 6.16 Å². The topological polar surface area (TPSA) is 130 Å². The van der Waals surface area contributed by atoms with Crippen LogP contribution in [0, 0.1) is 12.3 Å². The zero-order chi connectivity index (χ0) is 21.7. The van der Waals surface area contributed by atoms with E-state index in [-0.39, 0.29) is 36.8 Å². The van der Waals surface area contributed by atoms with E-state index in [1.165, 1.54) is 4.57 Å². The molecule has 9 nitrogen and oxygen atoms in total. The number of aryl methyl sites for hydroxylation is 3. The molecular formula is C20H23N4O5P. The zero-order valence-electron chi connectivity index (χ0n) is 16.3. The van der Waals surface area contributed by atoms with Gasteiger partial charge in [0, 0.05) is 19.1 Å². The van der Waals surface area contributed by atoms with Crippen molar-refractivity contribution in [2.45, 2.75) is 38.8 Å². The van der Waals surface area contributed by atoms with E-state index in [0.29, 0.717) is 25.1 Å². The number of hydrogen-bond donors (Lipinski definition) is 3. The third-order valence-electron chi connectivity index (χ3n) is 4.73. The average molecular weight is 430 g/mol. The molecule has 0 atom stereocenters. The minimum Gasteiger partial charge on any atom is -0.336 e. The van der Waals surface area contributed by atoms with Crippen LogP contribution in [0.2, 0.25) is 0 Å². The number of benzene rings is 1. The van der Waals surface area contributed by atoms with Gasteiger partial charge in [-0.25, -0.2) is 14.3 Å². The molecule has 0 aliphatic rings. The fraction of sp³-hybridized carbons (Fsp3) is 0.350. The lowest BCUT2D eigenvalue weighted by molar-refractivity contribution is 0.370. The Morgan fingerprint density at radius 3 is 2.50 bits per heavy atom. The number of nitrogens with zero attached hydrogens (tertiary/aromatic N) is 3. The van der Waals surface area contributed by atoms with Crippen LogP contribution in [0.25, 0.3) is 11.2 Å². The van der Waals surface area contributed by atoms with Crippen LogP contribution < -0.4 is 11.2 Å². The van der Waals surface area contributed by atoms with Gasteiger partial charge in [0.2, 0.25) is 0 Å². The molecule has 3 N–H and O–H groups in total. The van der Waals surface area contributed by atoms with Gasteiger partial charge in [-0.05, 0) is 24.8 Å². The van der Waals surface area contributed by atoms with Gasteiger partial charge in [-0.2, -0.15) is 0 Å². The second-order valence-electron chi connectivity index (χ2n) is 6.99. The van der Waals surface area contributed by atoms with Gasteiger partial charge in [0.05, 0.1) is 6.54 Å². The predicted octanol–water partition coefficient (Wildman–Crippen LogP) is 1.26. The molecule has 0 aliphatic carbocycles. The van der Waals surface area contributed by atoms with Crippen LogP contribution in [0.15, 0.2) is 39.9 Å². The molecular weight excluding hydrogens is 407 g/mol. The van der Waals surface area contributed by atoms with Crippen LogP contribution in [-0.4, -0.2) is 35.1 Å². The van der Waals surface area contributed by atoms with Crippen molar-refractivity contribution in [3.05, 3.63) is 62.6 Å². The molecule has 3 aromatic rings. The second-order valence-corrected chi connectivity index (χ2v) is 8.77. The van der Waals surface area contributed by atoms with Crippen molar-refractivity contribution < 1.29 is 14.4 Å². The van der Waals surface area contributed by atoms with E-state index < -0.39 is 18.8 Å². The van der Waals surface area contributed by atoms with Gasteiger partial charge in [-0.1, -0.05) is 36.3 Å². The molecule has 3 rings (SSSR count). The van der Waals surface area contributed by atoms with Gasteiger partial charge in [0.15, 0.2) is 5.65 Å². The maximum Gasteiger partial charge on any atom is 0.333 e. The van der Waals surface area contributed by atoms with Crippen LogP contribution in [0.4, 0.5) is 0 Å². The first-order valence-corrected chi connectivity index (χ1v) is 11.3. The lowest BCUT2D eigenvalue weighted by Gasteiger charge is -2.10. The summed E-state index contributed by atoms with van der Waals surface area (Å²) in [6, 6.07) is 9.83. The van der Waals surface area contributed by atoms with E-state index in [0.717, 1.165) is 10.1 Å². The van der Waals surface area contributed by atoms with Crippen molar-refractivity contribution in [3.8, 4) is 12.3 Å². The van der Waals surface area contributed by atoms with Gasteiger partial charge in [-0.3, -0.25) is 13.9 Å². The molecule has 158 valence electrons. The number of unbranched alkanes of at least 4 members (excludes halogenated alkanes) is 1. The van der Waals surface area contributed by atoms with Gasteiger partial charge in [0.25, 0.3) is 5.56 Å². The Kier molecular flexibility index (Phi) is 6.73. The molecule has 2 aromatic heterocycles. The van der Waals surface area contributed by atoms with E-state index in [1.807, 2.05) is 30.3 Å². The fourth-order valence-corrected chi connectivity index (χ4v) is 3.90. The molecule has 1 aromatic carbocycles. The standard InChI is InChI=1S/C20H23N4O5P/c1-2-12-24-19(25)17-18(23(20(24)26)13-6-7-14-30(27,28)29)22-16(21-17)11-10-15-8-4-3-5-9-15/h1,3-5,8-9H,6-7,10-14H2,(H,21,22)(H2,27,28,29). The molecule has 0 radical (unpaired) electrons. The normalized spacial score (nSPS) is 11.6. The molecule has 0 fully saturated rings. The van der Waals surface area contributed by atoms with Crippen molar-refractivity contribution in [2.24, 2.45) is 0 Å². The Balaban J connectivity index is 1.93. The number of H-pyrrole nitrogens is 1. The van der Waals surface area contributed by atoms with Crippen molar-refractivity contribution in [1.29, 1.82) is 0 Å². The number of hydrogen-bond acceptors (Lipinski definition) is 4. The Bertz CT molecular complexity index is 1230. The van der Waals surface area contributed by atoms with Crippen molar-refractivity contribution >= 4 is 18.8 Å². The molecule has 0 bridgehead atoms. The Labute approximate surface area is 172 Å². The van der Waals surface area contributed by atoms with Gasteiger partial charge >= 0.3 is 13.3 Å². The second kappa shape index (κ2) is 9.26. The van der Waals surface area contributed by atoms with E-state index >= 15 is 0 Å². The highest BCUT2D eigenvalue weighted by Gasteiger charge is 2.18. The molecule has 0 saturated carbocycles. The maximum absolute atomic E-state index is 12.8. The van der Waals surface area contributed by atoms with Crippen LogP contribution >= 0.6 is 7.60 Å². The first-order chi connectivity index (χ1) is 14.3. The van der Waals surface area contributed by atoms with Crippen LogP contribution in [0.3, 0.4) is 0 Å². The molecule has 0 aliphatic heterocycles. The van der Waals surface area contributed by atoms with Crippen LogP contribution in [0.5, 0.6) is 0 Å². The van der Waals surface area contributed by atoms with Gasteiger partial charge in [0.1, 0.15) is 11.3 Å². The number of aromatic nitrogens is 4. The summed E-state index contributed by atoms with van der Waals surface area (Å²) in [5, 5.41) is 0. The molecule has 10 heteroatoms. The van der Waals surface area contributed by atoms with Crippen molar-refractivity contribution in [3.63, 3.8) is 0 Å². The summed E-state index contributed by atoms with van der Waals surface area (Å²) in [6.45, 7) is -0.00236. The number of nitrogens with one attached hydrogen (secondary N) is 1. The Morgan fingerprint density at radius 2 is 1.83 bits per heavy atom. The first kappa shape index (κ1) is 21.8. The summed E-state index contributed by atoms with van der Waals surface area (Å²) in [6.07, 6.45) is 6.89. The predicted molar refractivity (Wildman–Crippen MR) is 113 cm³/mol. The minimum atomic E-state index is -4.10. The van der Waals surface area contributed by atoms with Gasteiger partial charge in [-0.15, -0.1) is 6.42 Å². The van der Waals surface area contributed by atoms with E-state index in [1.54, 1.807) is 0 Å². The summed E-state index contributed by atoms with van der Waals surface area (Å²) >= 11 is 0. The zero-order valence-corrected chi connectivity index (χ0v) is 17.2. The smallest absolute Gasteiger partial charge is 0.333 e. The highest BCUT2D eigenvalue weighted by molar-refractivity contribution is 7.51. The third kappa shape index (κ3) is 5.16. The number of rotatable bonds is 9. The van der Waals surface area contributed by atoms with E-state index in [9.17, 15) is 14.2 Å². The quantitative estimate of drug-likeness (QED) is 0.266. The largest absolute Gasteiger partial charge is 0.336 e. The maximum atomic E-state index is 12.8. The number of imidazole rings is 1. The highest BCUT2D eigenvalue weighted by atomic mass is 31.2. The molecule has 0 amide bonds. The molecule has 0 saturated heterocycles. The Morgan fingerprint density at radius 1 is 1.10 bits per heavy atom. The first-order valence-electron chi connectivity index (χ1n) is 9.54. The number of aromatic amines is 1. The fourth-order valence-electron chi connectivity index (χ4n) is 3.26. The molecule has 30 heavy (non-hydrogen) atoms. The monoisotopic (exact) mass is 430 g/mol. The van der Waals surface area contributed by atoms with E-state index in [2.05, 4.69) is 15.9 Å². The summed E-state index contributed by atoms with van der Waals surface area (Å²) in [5.74, 6) is 2.89.